The fourth-order valence-corrected chi connectivity index (χ4v) is 3.85. The SMILES string of the molecule is CN(C)c1ccc(Cc2c(O)c3ccccc3c3nc4ccccc4nc23)cc1. The average Bonchev–Trinajstić information content (AvgIpc) is 2.76. The summed E-state index contributed by atoms with van der Waals surface area (Å²) in [6, 6.07) is 24.1. The zero-order valence-electron chi connectivity index (χ0n) is 16.4. The standard InChI is InChI=1S/C25H21N3O/c1-28(2)17-13-11-16(12-14-17)15-20-24-23(18-7-3-4-8-19(18)25(20)29)26-21-9-5-6-10-22(21)27-24/h3-14,29H,15H2,1-2H3. The molecule has 5 aromatic rings. The maximum absolute atomic E-state index is 11.1. The Morgan fingerprint density at radius 1 is 0.724 bits per heavy atom. The Kier molecular flexibility index (Phi) is 4.06. The lowest BCUT2D eigenvalue weighted by atomic mass is 9.97. The number of fused-ring (bicyclic) bond motifs is 4. The number of benzene rings is 4. The summed E-state index contributed by atoms with van der Waals surface area (Å²) in [4.78, 5) is 11.9. The molecule has 1 N–H and O–H groups in total. The monoisotopic (exact) mass is 379 g/mol. The molecule has 1 heterocycles. The maximum atomic E-state index is 11.1. The fraction of sp³-hybridized carbons (Fsp3) is 0.120. The minimum absolute atomic E-state index is 0.286. The van der Waals surface area contributed by atoms with Crippen LogP contribution in [0.15, 0.2) is 72.8 Å². The maximum Gasteiger partial charge on any atom is 0.129 e. The Balaban J connectivity index is 1.78. The van der Waals surface area contributed by atoms with E-state index in [9.17, 15) is 5.11 Å². The van der Waals surface area contributed by atoms with Crippen LogP contribution >= 0.6 is 0 Å². The summed E-state index contributed by atoms with van der Waals surface area (Å²) in [6.45, 7) is 0. The van der Waals surface area contributed by atoms with Gasteiger partial charge < -0.3 is 10.0 Å². The second-order valence-electron chi connectivity index (χ2n) is 7.52. The van der Waals surface area contributed by atoms with Crippen LogP contribution in [-0.2, 0) is 6.42 Å². The van der Waals surface area contributed by atoms with Crippen molar-refractivity contribution in [3.05, 3.63) is 83.9 Å². The molecule has 29 heavy (non-hydrogen) atoms. The first-order chi connectivity index (χ1) is 14.1. The number of para-hydroxylation sites is 2. The number of hydrogen-bond donors (Lipinski definition) is 1. The molecule has 0 spiro atoms. The van der Waals surface area contributed by atoms with Crippen LogP contribution in [0, 0.1) is 0 Å². The van der Waals surface area contributed by atoms with Crippen molar-refractivity contribution in [2.45, 2.75) is 6.42 Å². The van der Waals surface area contributed by atoms with Crippen molar-refractivity contribution in [1.29, 1.82) is 0 Å². The molecule has 0 atom stereocenters. The third kappa shape index (κ3) is 2.93. The van der Waals surface area contributed by atoms with Crippen LogP contribution in [0.1, 0.15) is 11.1 Å². The van der Waals surface area contributed by atoms with Gasteiger partial charge in [-0.1, -0.05) is 48.5 Å². The summed E-state index contributed by atoms with van der Waals surface area (Å²) in [6.07, 6.45) is 0.591. The minimum Gasteiger partial charge on any atom is -0.507 e. The minimum atomic E-state index is 0.286. The van der Waals surface area contributed by atoms with Gasteiger partial charge in [0.05, 0.1) is 22.1 Å². The van der Waals surface area contributed by atoms with E-state index in [-0.39, 0.29) is 5.75 Å². The lowest BCUT2D eigenvalue weighted by Crippen LogP contribution is -2.08. The molecular formula is C25H21N3O. The molecule has 0 unspecified atom stereocenters. The summed E-state index contributed by atoms with van der Waals surface area (Å²) in [7, 11) is 4.05. The van der Waals surface area contributed by atoms with Gasteiger partial charge in [0.25, 0.3) is 0 Å². The van der Waals surface area contributed by atoms with Gasteiger partial charge in [-0.15, -0.1) is 0 Å². The first kappa shape index (κ1) is 17.4. The number of aromatic hydroxyl groups is 1. The van der Waals surface area contributed by atoms with E-state index in [2.05, 4.69) is 29.2 Å². The second-order valence-corrected chi connectivity index (χ2v) is 7.52. The predicted octanol–water partition coefficient (Wildman–Crippen LogP) is 5.30. The van der Waals surface area contributed by atoms with Crippen LogP contribution in [-0.4, -0.2) is 29.2 Å². The van der Waals surface area contributed by atoms with Crippen molar-refractivity contribution in [3.63, 3.8) is 0 Å². The summed E-state index contributed by atoms with van der Waals surface area (Å²) in [5.74, 6) is 0.286. The summed E-state index contributed by atoms with van der Waals surface area (Å²) >= 11 is 0. The summed E-state index contributed by atoms with van der Waals surface area (Å²) in [5, 5.41) is 12.9. The van der Waals surface area contributed by atoms with Gasteiger partial charge in [0.1, 0.15) is 5.75 Å². The van der Waals surface area contributed by atoms with Gasteiger partial charge in [-0.25, -0.2) is 9.97 Å². The molecule has 4 nitrogen and oxygen atoms in total. The normalized spacial score (nSPS) is 11.4. The van der Waals surface area contributed by atoms with Crippen molar-refractivity contribution < 1.29 is 5.11 Å². The van der Waals surface area contributed by atoms with Gasteiger partial charge in [0.15, 0.2) is 0 Å². The molecule has 1 aromatic heterocycles. The second kappa shape index (κ2) is 6.74. The van der Waals surface area contributed by atoms with E-state index < -0.39 is 0 Å². The first-order valence-electron chi connectivity index (χ1n) is 9.67. The summed E-state index contributed by atoms with van der Waals surface area (Å²) < 4.78 is 0. The fourth-order valence-electron chi connectivity index (χ4n) is 3.85. The molecule has 0 radical (unpaired) electrons. The smallest absolute Gasteiger partial charge is 0.129 e. The van der Waals surface area contributed by atoms with Crippen molar-refractivity contribution in [1.82, 2.24) is 9.97 Å². The molecule has 5 rings (SSSR count). The summed E-state index contributed by atoms with van der Waals surface area (Å²) in [5.41, 5.74) is 6.36. The highest BCUT2D eigenvalue weighted by Crippen LogP contribution is 2.37. The van der Waals surface area contributed by atoms with Crippen LogP contribution in [0.25, 0.3) is 32.8 Å². The number of nitrogens with zero attached hydrogens (tertiary/aromatic N) is 3. The van der Waals surface area contributed by atoms with Gasteiger partial charge in [-0.2, -0.15) is 0 Å². The van der Waals surface area contributed by atoms with Crippen molar-refractivity contribution in [3.8, 4) is 5.75 Å². The average molecular weight is 379 g/mol. The van der Waals surface area contributed by atoms with Gasteiger partial charge in [0, 0.05) is 42.5 Å². The number of rotatable bonds is 3. The van der Waals surface area contributed by atoms with Gasteiger partial charge in [0.2, 0.25) is 0 Å². The topological polar surface area (TPSA) is 49.2 Å². The number of hydrogen-bond acceptors (Lipinski definition) is 4. The van der Waals surface area contributed by atoms with E-state index in [1.54, 1.807) is 0 Å². The first-order valence-corrected chi connectivity index (χ1v) is 9.67. The van der Waals surface area contributed by atoms with Gasteiger partial charge in [-0.05, 0) is 29.8 Å². The number of phenolic OH excluding ortho intramolecular Hbond substituents is 1. The van der Waals surface area contributed by atoms with Gasteiger partial charge in [-0.3, -0.25) is 0 Å². The van der Waals surface area contributed by atoms with E-state index >= 15 is 0 Å². The third-order valence-electron chi connectivity index (χ3n) is 5.41. The number of anilines is 1. The molecule has 0 saturated carbocycles. The van der Waals surface area contributed by atoms with Crippen molar-refractivity contribution in [2.75, 3.05) is 19.0 Å². The molecule has 0 aliphatic rings. The lowest BCUT2D eigenvalue weighted by molar-refractivity contribution is 0.477. The quantitative estimate of drug-likeness (QED) is 0.341. The Morgan fingerprint density at radius 3 is 1.97 bits per heavy atom. The van der Waals surface area contributed by atoms with E-state index in [1.807, 2.05) is 62.6 Å². The molecule has 0 aliphatic carbocycles. The molecule has 0 saturated heterocycles. The van der Waals surface area contributed by atoms with Crippen molar-refractivity contribution >= 4 is 38.5 Å². The Morgan fingerprint density at radius 2 is 1.31 bits per heavy atom. The largest absolute Gasteiger partial charge is 0.507 e. The highest BCUT2D eigenvalue weighted by molar-refractivity contribution is 6.10. The Bertz CT molecular complexity index is 1360. The Labute approximate surface area is 169 Å². The van der Waals surface area contributed by atoms with Crippen LogP contribution < -0.4 is 4.90 Å². The van der Waals surface area contributed by atoms with Crippen LogP contribution in [0.2, 0.25) is 0 Å². The number of phenols is 1. The predicted molar refractivity (Wildman–Crippen MR) is 120 cm³/mol. The highest BCUT2D eigenvalue weighted by Gasteiger charge is 2.17. The third-order valence-corrected chi connectivity index (χ3v) is 5.41. The highest BCUT2D eigenvalue weighted by atomic mass is 16.3. The zero-order valence-corrected chi connectivity index (χ0v) is 16.4. The van der Waals surface area contributed by atoms with E-state index in [1.165, 1.54) is 0 Å². The molecule has 0 aliphatic heterocycles. The molecule has 0 bridgehead atoms. The molecule has 0 fully saturated rings. The number of aromatic nitrogens is 2. The van der Waals surface area contributed by atoms with Gasteiger partial charge >= 0.3 is 0 Å². The van der Waals surface area contributed by atoms with Crippen LogP contribution in [0.4, 0.5) is 5.69 Å². The van der Waals surface area contributed by atoms with Crippen LogP contribution in [0.5, 0.6) is 5.75 Å². The molecule has 4 aromatic carbocycles. The van der Waals surface area contributed by atoms with E-state index in [0.717, 1.165) is 49.7 Å². The molecular weight excluding hydrogens is 358 g/mol. The van der Waals surface area contributed by atoms with E-state index in [4.69, 9.17) is 9.97 Å². The molecule has 0 amide bonds. The van der Waals surface area contributed by atoms with Crippen LogP contribution in [0.3, 0.4) is 0 Å². The lowest BCUT2D eigenvalue weighted by Gasteiger charge is -2.15. The van der Waals surface area contributed by atoms with E-state index in [0.29, 0.717) is 6.42 Å². The Hall–Kier alpha value is -3.66. The zero-order chi connectivity index (χ0) is 20.0. The molecule has 4 heteroatoms. The van der Waals surface area contributed by atoms with Crippen molar-refractivity contribution in [2.24, 2.45) is 0 Å². The molecule has 142 valence electrons.